The number of rotatable bonds is 3. The maximum Gasteiger partial charge on any atom is 0.205 e. The predicted molar refractivity (Wildman–Crippen MR) is 82.1 cm³/mol. The van der Waals surface area contributed by atoms with Crippen molar-refractivity contribution in [1.29, 1.82) is 0 Å². The van der Waals surface area contributed by atoms with Crippen molar-refractivity contribution >= 4 is 17.8 Å². The highest BCUT2D eigenvalue weighted by Crippen LogP contribution is 2.14. The van der Waals surface area contributed by atoms with Gasteiger partial charge in [0, 0.05) is 38.0 Å². The zero-order valence-electron chi connectivity index (χ0n) is 12.5. The summed E-state index contributed by atoms with van der Waals surface area (Å²) in [7, 11) is 6.17. The van der Waals surface area contributed by atoms with Crippen molar-refractivity contribution in [2.45, 2.75) is 6.92 Å². The molecule has 106 valence electrons. The molecule has 0 saturated carbocycles. The number of anilines is 1. The van der Waals surface area contributed by atoms with E-state index in [1.165, 1.54) is 22.5 Å². The van der Waals surface area contributed by atoms with E-state index in [9.17, 15) is 0 Å². The normalized spacial score (nSPS) is 10.4. The molecule has 1 aromatic carbocycles. The lowest BCUT2D eigenvalue weighted by Gasteiger charge is -2.11. The summed E-state index contributed by atoms with van der Waals surface area (Å²) in [5.74, 6) is 0. The van der Waals surface area contributed by atoms with E-state index in [2.05, 4.69) is 92.3 Å². The van der Waals surface area contributed by atoms with Crippen LogP contribution in [0.15, 0.2) is 42.6 Å². The van der Waals surface area contributed by atoms with Crippen molar-refractivity contribution in [1.82, 2.24) is 0 Å². The van der Waals surface area contributed by atoms with E-state index < -0.39 is 0 Å². The molecule has 0 aliphatic heterocycles. The molecular formula is C17H21IN2. The van der Waals surface area contributed by atoms with Gasteiger partial charge < -0.3 is 28.9 Å². The monoisotopic (exact) mass is 380 g/mol. The van der Waals surface area contributed by atoms with Gasteiger partial charge in [0.2, 0.25) is 5.69 Å². The smallest absolute Gasteiger partial charge is 0.205 e. The van der Waals surface area contributed by atoms with Crippen LogP contribution in [-0.2, 0) is 7.05 Å². The van der Waals surface area contributed by atoms with Crippen LogP contribution in [0.3, 0.4) is 0 Å². The van der Waals surface area contributed by atoms with Crippen molar-refractivity contribution in [2.24, 2.45) is 7.05 Å². The van der Waals surface area contributed by atoms with Crippen LogP contribution in [0.4, 0.5) is 5.69 Å². The zero-order valence-corrected chi connectivity index (χ0v) is 14.6. The van der Waals surface area contributed by atoms with Gasteiger partial charge in [-0.3, -0.25) is 0 Å². The maximum absolute atomic E-state index is 2.19. The first kappa shape index (κ1) is 16.7. The number of halogens is 1. The first-order chi connectivity index (χ1) is 9.06. The number of hydrogen-bond donors (Lipinski definition) is 0. The molecule has 0 amide bonds. The third-order valence-electron chi connectivity index (χ3n) is 3.20. The summed E-state index contributed by atoms with van der Waals surface area (Å²) in [5, 5.41) is 0. The molecule has 0 N–H and O–H groups in total. The molecule has 0 radical (unpaired) electrons. The fourth-order valence-electron chi connectivity index (χ4n) is 1.93. The van der Waals surface area contributed by atoms with Gasteiger partial charge in [-0.25, -0.2) is 4.57 Å². The minimum absolute atomic E-state index is 0. The molecule has 2 rings (SSSR count). The summed E-state index contributed by atoms with van der Waals surface area (Å²) in [6, 6.07) is 12.9. The van der Waals surface area contributed by atoms with E-state index in [4.69, 9.17) is 0 Å². The van der Waals surface area contributed by atoms with Crippen molar-refractivity contribution in [3.8, 4) is 0 Å². The van der Waals surface area contributed by atoms with Gasteiger partial charge in [0.25, 0.3) is 0 Å². The number of benzene rings is 1. The molecule has 0 spiro atoms. The SMILES string of the molecule is Cc1cc[n+](C)c(/C=C/c2ccc(N(C)C)cc2)c1.[I-]. The maximum atomic E-state index is 2.19. The highest BCUT2D eigenvalue weighted by atomic mass is 127. The van der Waals surface area contributed by atoms with Gasteiger partial charge in [-0.1, -0.05) is 12.1 Å². The Hall–Kier alpha value is -1.36. The Bertz CT molecular complexity index is 586. The molecule has 0 atom stereocenters. The van der Waals surface area contributed by atoms with Crippen LogP contribution in [0.5, 0.6) is 0 Å². The minimum atomic E-state index is 0. The van der Waals surface area contributed by atoms with Crippen LogP contribution in [0, 0.1) is 6.92 Å². The Balaban J connectivity index is 0.00000200. The topological polar surface area (TPSA) is 7.12 Å². The summed E-state index contributed by atoms with van der Waals surface area (Å²) in [4.78, 5) is 2.11. The van der Waals surface area contributed by atoms with E-state index in [0.717, 1.165) is 0 Å². The summed E-state index contributed by atoms with van der Waals surface area (Å²) >= 11 is 0. The van der Waals surface area contributed by atoms with Gasteiger partial charge in [0.15, 0.2) is 6.20 Å². The van der Waals surface area contributed by atoms with Crippen molar-refractivity contribution in [3.05, 3.63) is 59.4 Å². The second kappa shape index (κ2) is 7.43. The minimum Gasteiger partial charge on any atom is -1.00 e. The molecule has 0 unspecified atom stereocenters. The van der Waals surface area contributed by atoms with Crippen LogP contribution in [0.1, 0.15) is 16.8 Å². The first-order valence-electron chi connectivity index (χ1n) is 6.48. The number of pyridine rings is 1. The molecular weight excluding hydrogens is 359 g/mol. The quantitative estimate of drug-likeness (QED) is 0.540. The first-order valence-corrected chi connectivity index (χ1v) is 6.48. The molecule has 1 aromatic heterocycles. The number of nitrogens with zero attached hydrogens (tertiary/aromatic N) is 2. The van der Waals surface area contributed by atoms with E-state index in [0.29, 0.717) is 0 Å². The van der Waals surface area contributed by atoms with Gasteiger partial charge >= 0.3 is 0 Å². The Morgan fingerprint density at radius 3 is 2.25 bits per heavy atom. The van der Waals surface area contributed by atoms with E-state index >= 15 is 0 Å². The van der Waals surface area contributed by atoms with Gasteiger partial charge in [0.05, 0.1) is 0 Å². The van der Waals surface area contributed by atoms with E-state index in [1.54, 1.807) is 0 Å². The molecule has 0 bridgehead atoms. The molecule has 20 heavy (non-hydrogen) atoms. The third-order valence-corrected chi connectivity index (χ3v) is 3.20. The fourth-order valence-corrected chi connectivity index (χ4v) is 1.93. The largest absolute Gasteiger partial charge is 1.00 e. The highest BCUT2D eigenvalue weighted by molar-refractivity contribution is 5.68. The molecule has 3 heteroatoms. The second-order valence-electron chi connectivity index (χ2n) is 5.06. The number of aryl methyl sites for hydroxylation is 2. The van der Waals surface area contributed by atoms with Crippen LogP contribution >= 0.6 is 0 Å². The number of aromatic nitrogens is 1. The Morgan fingerprint density at radius 2 is 1.65 bits per heavy atom. The predicted octanol–water partition coefficient (Wildman–Crippen LogP) is 0.0599. The van der Waals surface area contributed by atoms with Gasteiger partial charge in [0.1, 0.15) is 7.05 Å². The summed E-state index contributed by atoms with van der Waals surface area (Å²) in [6.45, 7) is 2.11. The van der Waals surface area contributed by atoms with E-state index in [-0.39, 0.29) is 24.0 Å². The zero-order chi connectivity index (χ0) is 13.8. The lowest BCUT2D eigenvalue weighted by atomic mass is 10.1. The molecule has 2 nitrogen and oxygen atoms in total. The Labute approximate surface area is 138 Å². The lowest BCUT2D eigenvalue weighted by molar-refractivity contribution is -0.673. The molecule has 2 aromatic rings. The van der Waals surface area contributed by atoms with Crippen molar-refractivity contribution in [3.63, 3.8) is 0 Å². The summed E-state index contributed by atoms with van der Waals surface area (Å²) < 4.78 is 2.12. The van der Waals surface area contributed by atoms with Crippen LogP contribution in [-0.4, -0.2) is 14.1 Å². The fraction of sp³-hybridized carbons (Fsp3) is 0.235. The van der Waals surface area contributed by atoms with Gasteiger partial charge in [-0.15, -0.1) is 0 Å². The Morgan fingerprint density at radius 1 is 1.00 bits per heavy atom. The molecule has 0 fully saturated rings. The third kappa shape index (κ3) is 4.34. The van der Waals surface area contributed by atoms with Gasteiger partial charge in [-0.05, 0) is 36.3 Å². The van der Waals surface area contributed by atoms with Crippen LogP contribution in [0.2, 0.25) is 0 Å². The highest BCUT2D eigenvalue weighted by Gasteiger charge is 2.01. The standard InChI is InChI=1S/C17H21N2.HI/c1-14-11-12-19(4)17(13-14)10-7-15-5-8-16(9-6-15)18(2)3;/h5-13H,1-4H3;1H/q+1;/p-1. The lowest BCUT2D eigenvalue weighted by Crippen LogP contribution is -3.00. The van der Waals surface area contributed by atoms with Crippen molar-refractivity contribution < 1.29 is 28.5 Å². The Kier molecular flexibility index (Phi) is 6.20. The molecule has 0 saturated heterocycles. The van der Waals surface area contributed by atoms with E-state index in [1.807, 2.05) is 0 Å². The van der Waals surface area contributed by atoms with Crippen LogP contribution in [0.25, 0.3) is 12.2 Å². The van der Waals surface area contributed by atoms with Crippen LogP contribution < -0.4 is 33.4 Å². The summed E-state index contributed by atoms with van der Waals surface area (Å²) in [5.41, 5.74) is 4.92. The molecule has 0 aliphatic rings. The number of hydrogen-bond acceptors (Lipinski definition) is 1. The molecule has 0 aliphatic carbocycles. The average molecular weight is 380 g/mol. The average Bonchev–Trinajstić information content (AvgIpc) is 2.40. The van der Waals surface area contributed by atoms with Gasteiger partial charge in [-0.2, -0.15) is 0 Å². The van der Waals surface area contributed by atoms with Crippen molar-refractivity contribution in [2.75, 3.05) is 19.0 Å². The summed E-state index contributed by atoms with van der Waals surface area (Å²) in [6.07, 6.45) is 6.38. The second-order valence-corrected chi connectivity index (χ2v) is 5.06. The molecule has 1 heterocycles.